The summed E-state index contributed by atoms with van der Waals surface area (Å²) in [7, 11) is 0. The summed E-state index contributed by atoms with van der Waals surface area (Å²) in [5.41, 5.74) is 2.49. The Balaban J connectivity index is 0.000000303. The Morgan fingerprint density at radius 1 is 0.977 bits per heavy atom. The number of aromatic nitrogens is 4. The predicted octanol–water partition coefficient (Wildman–Crippen LogP) is 3.76. The minimum atomic E-state index is -5.08. The molecule has 4 heterocycles. The first-order chi connectivity index (χ1) is 20.0. The van der Waals surface area contributed by atoms with Crippen molar-refractivity contribution >= 4 is 17.8 Å². The first-order valence-electron chi connectivity index (χ1n) is 13.5. The molecule has 1 amide bonds. The van der Waals surface area contributed by atoms with Crippen LogP contribution in [0.4, 0.5) is 26.3 Å². The molecule has 3 N–H and O–H groups in total. The van der Waals surface area contributed by atoms with Gasteiger partial charge < -0.3 is 20.1 Å². The average molecular weight is 623 g/mol. The van der Waals surface area contributed by atoms with Crippen molar-refractivity contribution in [1.29, 1.82) is 0 Å². The van der Waals surface area contributed by atoms with Gasteiger partial charge in [-0.2, -0.15) is 26.3 Å². The van der Waals surface area contributed by atoms with Crippen LogP contribution in [0.2, 0.25) is 0 Å². The van der Waals surface area contributed by atoms with Gasteiger partial charge in [0.05, 0.1) is 5.69 Å². The van der Waals surface area contributed by atoms with Gasteiger partial charge in [-0.15, -0.1) is 10.2 Å². The highest BCUT2D eigenvalue weighted by molar-refractivity contribution is 5.91. The van der Waals surface area contributed by atoms with E-state index in [9.17, 15) is 31.1 Å². The van der Waals surface area contributed by atoms with Gasteiger partial charge in [0.2, 0.25) is 5.82 Å². The van der Waals surface area contributed by atoms with E-state index in [1.807, 2.05) is 13.0 Å². The van der Waals surface area contributed by atoms with Crippen molar-refractivity contribution in [1.82, 2.24) is 30.0 Å². The summed E-state index contributed by atoms with van der Waals surface area (Å²) in [4.78, 5) is 37.6. The van der Waals surface area contributed by atoms with E-state index >= 15 is 0 Å². The van der Waals surface area contributed by atoms with Gasteiger partial charge in [-0.3, -0.25) is 14.7 Å². The van der Waals surface area contributed by atoms with Gasteiger partial charge in [-0.05, 0) is 76.1 Å². The third-order valence-electron chi connectivity index (χ3n) is 7.58. The third kappa shape index (κ3) is 9.62. The Bertz CT molecular complexity index is 1260. The van der Waals surface area contributed by atoms with Crippen LogP contribution in [0.15, 0.2) is 18.2 Å². The second-order valence-corrected chi connectivity index (χ2v) is 10.8. The number of nitrogens with one attached hydrogen (secondary N) is 1. The standard InChI is InChI=1S/C22H30N6O.2C2HF3O2/c1-16-4-2-7-18(23-16)14-27-12-10-22(11-13-27)9-8-19-25-26-20(28(19)15-22)21(29)24-17-5-3-6-17;2*3-2(4,5)1(6)7/h2,4,7,17H,3,5-6,8-15H2,1H3,(H,24,29);2*(H,6,7). The lowest BCUT2D eigenvalue weighted by Gasteiger charge is -2.44. The van der Waals surface area contributed by atoms with Crippen LogP contribution in [0.5, 0.6) is 0 Å². The van der Waals surface area contributed by atoms with Crippen molar-refractivity contribution in [2.24, 2.45) is 5.41 Å². The molecule has 238 valence electrons. The Labute approximate surface area is 242 Å². The molecule has 1 spiro atoms. The first-order valence-corrected chi connectivity index (χ1v) is 13.5. The Kier molecular flexibility index (Phi) is 10.7. The number of nitrogens with zero attached hydrogens (tertiary/aromatic N) is 5. The fraction of sp³-hybridized carbons (Fsp3) is 0.615. The molecule has 0 atom stereocenters. The highest BCUT2D eigenvalue weighted by atomic mass is 19.4. The van der Waals surface area contributed by atoms with Crippen LogP contribution >= 0.6 is 0 Å². The number of alkyl halides is 6. The highest BCUT2D eigenvalue weighted by Crippen LogP contribution is 2.41. The van der Waals surface area contributed by atoms with Crippen molar-refractivity contribution in [2.75, 3.05) is 13.1 Å². The monoisotopic (exact) mass is 622 g/mol. The number of likely N-dealkylation sites (tertiary alicyclic amines) is 1. The number of aryl methyl sites for hydroxylation is 2. The van der Waals surface area contributed by atoms with Gasteiger partial charge in [0.1, 0.15) is 5.82 Å². The molecule has 2 aromatic heterocycles. The molecule has 1 aliphatic carbocycles. The van der Waals surface area contributed by atoms with E-state index in [1.54, 1.807) is 0 Å². The van der Waals surface area contributed by atoms with Crippen molar-refractivity contribution in [3.8, 4) is 0 Å². The molecular weight excluding hydrogens is 590 g/mol. The molecule has 3 aliphatic rings. The number of rotatable bonds is 4. The fourth-order valence-electron chi connectivity index (χ4n) is 4.96. The van der Waals surface area contributed by atoms with E-state index < -0.39 is 24.3 Å². The average Bonchev–Trinajstić information content (AvgIpc) is 3.30. The lowest BCUT2D eigenvalue weighted by atomic mass is 9.73. The van der Waals surface area contributed by atoms with Crippen LogP contribution in [0.1, 0.15) is 66.4 Å². The lowest BCUT2D eigenvalue weighted by molar-refractivity contribution is -0.193. The summed E-state index contributed by atoms with van der Waals surface area (Å²) < 4.78 is 65.6. The normalized spacial score (nSPS) is 18.2. The van der Waals surface area contributed by atoms with Gasteiger partial charge in [0.15, 0.2) is 0 Å². The van der Waals surface area contributed by atoms with E-state index in [-0.39, 0.29) is 11.3 Å². The summed E-state index contributed by atoms with van der Waals surface area (Å²) >= 11 is 0. The number of aliphatic carboxylic acids is 2. The molecule has 11 nitrogen and oxygen atoms in total. The van der Waals surface area contributed by atoms with E-state index in [4.69, 9.17) is 19.8 Å². The molecule has 1 saturated carbocycles. The van der Waals surface area contributed by atoms with E-state index in [2.05, 4.69) is 42.1 Å². The number of hydrogen-bond donors (Lipinski definition) is 3. The number of carboxylic acids is 2. The van der Waals surface area contributed by atoms with Crippen molar-refractivity contribution in [3.63, 3.8) is 0 Å². The number of carboxylic acid groups (broad SMARTS) is 2. The second kappa shape index (κ2) is 13.7. The molecule has 0 bridgehead atoms. The Morgan fingerprint density at radius 2 is 1.56 bits per heavy atom. The fourth-order valence-corrected chi connectivity index (χ4v) is 4.96. The number of carbonyl (C=O) groups excluding carboxylic acids is 1. The van der Waals surface area contributed by atoms with Crippen LogP contribution in [0, 0.1) is 12.3 Å². The Hall–Kier alpha value is -3.76. The van der Waals surface area contributed by atoms with Gasteiger partial charge in [-0.1, -0.05) is 6.07 Å². The smallest absolute Gasteiger partial charge is 0.475 e. The van der Waals surface area contributed by atoms with Crippen molar-refractivity contribution in [3.05, 3.63) is 41.2 Å². The van der Waals surface area contributed by atoms with Crippen LogP contribution in [0.3, 0.4) is 0 Å². The molecule has 0 radical (unpaired) electrons. The zero-order valence-electron chi connectivity index (χ0n) is 23.2. The summed E-state index contributed by atoms with van der Waals surface area (Å²) in [6, 6.07) is 6.58. The number of amides is 1. The van der Waals surface area contributed by atoms with Gasteiger partial charge in [-0.25, -0.2) is 9.59 Å². The molecular formula is C26H32F6N6O5. The number of halogens is 6. The van der Waals surface area contributed by atoms with E-state index in [0.717, 1.165) is 81.9 Å². The number of carbonyl (C=O) groups is 3. The molecule has 2 aliphatic heterocycles. The molecule has 0 aromatic carbocycles. The maximum absolute atomic E-state index is 12.7. The maximum Gasteiger partial charge on any atom is 0.490 e. The van der Waals surface area contributed by atoms with Crippen molar-refractivity contribution < 1.29 is 50.9 Å². The van der Waals surface area contributed by atoms with E-state index in [1.165, 1.54) is 6.42 Å². The molecule has 0 unspecified atom stereocenters. The number of pyridine rings is 1. The van der Waals surface area contributed by atoms with Crippen molar-refractivity contribution in [2.45, 2.75) is 83.4 Å². The summed E-state index contributed by atoms with van der Waals surface area (Å²) in [6.07, 6.45) is -2.42. The zero-order valence-corrected chi connectivity index (χ0v) is 23.2. The Morgan fingerprint density at radius 3 is 2.05 bits per heavy atom. The minimum absolute atomic E-state index is 0.0477. The topological polar surface area (TPSA) is 151 Å². The van der Waals surface area contributed by atoms with Crippen LogP contribution in [0.25, 0.3) is 0 Å². The summed E-state index contributed by atoms with van der Waals surface area (Å²) in [6.45, 7) is 6.00. The number of fused-ring (bicyclic) bond motifs is 1. The molecule has 2 fully saturated rings. The molecule has 2 aromatic rings. The second-order valence-electron chi connectivity index (χ2n) is 10.8. The minimum Gasteiger partial charge on any atom is -0.475 e. The first kappa shape index (κ1) is 33.7. The predicted molar refractivity (Wildman–Crippen MR) is 137 cm³/mol. The maximum atomic E-state index is 12.7. The van der Waals surface area contributed by atoms with Gasteiger partial charge in [0, 0.05) is 31.2 Å². The summed E-state index contributed by atoms with van der Waals surface area (Å²) in [5.74, 6) is -4.08. The third-order valence-corrected chi connectivity index (χ3v) is 7.58. The van der Waals surface area contributed by atoms with Gasteiger partial charge >= 0.3 is 24.3 Å². The largest absolute Gasteiger partial charge is 0.490 e. The quantitative estimate of drug-likeness (QED) is 0.433. The molecule has 43 heavy (non-hydrogen) atoms. The van der Waals surface area contributed by atoms with Gasteiger partial charge in [0.25, 0.3) is 5.91 Å². The molecule has 1 saturated heterocycles. The van der Waals surface area contributed by atoms with Crippen LogP contribution in [-0.2, 0) is 29.1 Å². The number of piperidine rings is 1. The van der Waals surface area contributed by atoms with Crippen LogP contribution < -0.4 is 5.32 Å². The van der Waals surface area contributed by atoms with E-state index in [0.29, 0.717) is 11.9 Å². The number of hydrogen-bond acceptors (Lipinski definition) is 7. The molecule has 5 rings (SSSR count). The molecule has 17 heteroatoms. The van der Waals surface area contributed by atoms with Crippen LogP contribution in [-0.4, -0.2) is 84.2 Å². The summed E-state index contributed by atoms with van der Waals surface area (Å²) in [5, 5.41) is 25.9. The SMILES string of the molecule is Cc1cccc(CN2CCC3(CCc4nnc(C(=O)NC5CCC5)n4C3)CC2)n1.O=C(O)C(F)(F)F.O=C(O)C(F)(F)F. The lowest BCUT2D eigenvalue weighted by Crippen LogP contribution is -2.45. The zero-order chi connectivity index (χ0) is 32.0. The highest BCUT2D eigenvalue weighted by Gasteiger charge is 2.41.